The van der Waals surface area contributed by atoms with E-state index in [0.29, 0.717) is 11.1 Å². The zero-order valence-corrected chi connectivity index (χ0v) is 14.7. The molecule has 0 bridgehead atoms. The Morgan fingerprint density at radius 2 is 1.62 bits per heavy atom. The van der Waals surface area contributed by atoms with Gasteiger partial charge in [0, 0.05) is 19.8 Å². The number of benzene rings is 2. The lowest BCUT2D eigenvalue weighted by molar-refractivity contribution is 0.0953. The Morgan fingerprint density at radius 3 is 2.17 bits per heavy atom. The Morgan fingerprint density at radius 1 is 1.04 bits per heavy atom. The number of hydrogen-bond acceptors (Lipinski definition) is 5. The van der Waals surface area contributed by atoms with Crippen LogP contribution in [0.15, 0.2) is 54.6 Å². The normalized spacial score (nSPS) is 23.0. The lowest BCUT2D eigenvalue weighted by Crippen LogP contribution is -2.21. The van der Waals surface area contributed by atoms with Crippen LogP contribution >= 0.6 is 7.60 Å². The SMILES string of the molecule is COP(=O)(OC)[C@]1(c2ccc(C)cc2)O[C@@H]1C(=O)c1ccccc1. The van der Waals surface area contributed by atoms with Crippen molar-refractivity contribution in [1.29, 1.82) is 0 Å². The molecule has 1 fully saturated rings. The monoisotopic (exact) mass is 346 g/mol. The van der Waals surface area contributed by atoms with Crippen molar-refractivity contribution in [2.75, 3.05) is 14.2 Å². The van der Waals surface area contributed by atoms with Crippen LogP contribution in [0.4, 0.5) is 0 Å². The summed E-state index contributed by atoms with van der Waals surface area (Å²) < 4.78 is 29.2. The standard InChI is InChI=1S/C18H19O5P/c1-13-9-11-15(12-10-13)18(24(20,21-2)22-3)17(23-18)16(19)14-7-5-4-6-8-14/h4-12,17H,1-3H3/t17-,18+/m1/s1. The maximum absolute atomic E-state index is 13.1. The molecular formula is C18H19O5P. The molecule has 0 spiro atoms. The second-order valence-corrected chi connectivity index (χ2v) is 8.04. The molecular weight excluding hydrogens is 327 g/mol. The summed E-state index contributed by atoms with van der Waals surface area (Å²) in [5, 5.41) is -1.41. The largest absolute Gasteiger partial charge is 0.369 e. The van der Waals surface area contributed by atoms with E-state index in [-0.39, 0.29) is 5.78 Å². The van der Waals surface area contributed by atoms with Crippen molar-refractivity contribution < 1.29 is 23.1 Å². The third-order valence-corrected chi connectivity index (χ3v) is 6.62. The molecule has 126 valence electrons. The average molecular weight is 346 g/mol. The minimum atomic E-state index is -3.68. The van der Waals surface area contributed by atoms with Crippen LogP contribution in [0.5, 0.6) is 0 Å². The molecule has 0 unspecified atom stereocenters. The molecule has 0 amide bonds. The topological polar surface area (TPSA) is 65.1 Å². The summed E-state index contributed by atoms with van der Waals surface area (Å²) in [7, 11) is -1.09. The highest BCUT2D eigenvalue weighted by Crippen LogP contribution is 2.74. The third-order valence-electron chi connectivity index (χ3n) is 4.24. The predicted molar refractivity (Wildman–Crippen MR) is 90.1 cm³/mol. The summed E-state index contributed by atoms with van der Waals surface area (Å²) >= 11 is 0. The van der Waals surface area contributed by atoms with Crippen molar-refractivity contribution in [3.63, 3.8) is 0 Å². The molecule has 1 aliphatic heterocycles. The Labute approximate surface area is 141 Å². The highest BCUT2D eigenvalue weighted by Gasteiger charge is 2.74. The van der Waals surface area contributed by atoms with Gasteiger partial charge in [-0.2, -0.15) is 0 Å². The van der Waals surface area contributed by atoms with Crippen molar-refractivity contribution in [2.24, 2.45) is 0 Å². The Bertz CT molecular complexity index is 779. The number of ether oxygens (including phenoxy) is 1. The van der Waals surface area contributed by atoms with Crippen LogP contribution in [0.2, 0.25) is 0 Å². The van der Waals surface area contributed by atoms with E-state index in [1.165, 1.54) is 14.2 Å². The number of Topliss-reactive ketones (excluding diaryl/α,β-unsaturated/α-hetero) is 1. The first-order valence-corrected chi connectivity index (χ1v) is 9.08. The minimum Gasteiger partial charge on any atom is -0.339 e. The molecule has 2 aromatic rings. The average Bonchev–Trinajstić information content (AvgIpc) is 3.39. The molecule has 0 saturated carbocycles. The first kappa shape index (κ1) is 17.1. The van der Waals surface area contributed by atoms with E-state index < -0.39 is 19.0 Å². The molecule has 0 aliphatic carbocycles. The molecule has 1 saturated heterocycles. The third kappa shape index (κ3) is 2.54. The van der Waals surface area contributed by atoms with Gasteiger partial charge < -0.3 is 13.8 Å². The van der Waals surface area contributed by atoms with Crippen molar-refractivity contribution in [2.45, 2.75) is 18.4 Å². The van der Waals surface area contributed by atoms with Gasteiger partial charge in [0.2, 0.25) is 5.34 Å². The van der Waals surface area contributed by atoms with Crippen LogP contribution in [-0.2, 0) is 23.7 Å². The van der Waals surface area contributed by atoms with Crippen molar-refractivity contribution >= 4 is 13.4 Å². The molecule has 1 aliphatic rings. The summed E-state index contributed by atoms with van der Waals surface area (Å²) in [6.07, 6.45) is -0.909. The van der Waals surface area contributed by atoms with E-state index in [2.05, 4.69) is 0 Å². The van der Waals surface area contributed by atoms with Crippen LogP contribution in [0, 0.1) is 6.92 Å². The van der Waals surface area contributed by atoms with Crippen LogP contribution in [0.1, 0.15) is 21.5 Å². The zero-order chi connectivity index (χ0) is 17.4. The molecule has 0 N–H and O–H groups in total. The zero-order valence-electron chi connectivity index (χ0n) is 13.8. The van der Waals surface area contributed by atoms with Gasteiger partial charge in [-0.05, 0) is 12.5 Å². The van der Waals surface area contributed by atoms with Gasteiger partial charge in [0.25, 0.3) is 0 Å². The molecule has 2 atom stereocenters. The lowest BCUT2D eigenvalue weighted by Gasteiger charge is -2.22. The van der Waals surface area contributed by atoms with E-state index >= 15 is 0 Å². The Balaban J connectivity index is 2.05. The number of rotatable bonds is 6. The molecule has 2 aromatic carbocycles. The maximum Gasteiger partial charge on any atom is 0.369 e. The Kier molecular flexibility index (Phi) is 4.45. The fourth-order valence-electron chi connectivity index (χ4n) is 2.85. The van der Waals surface area contributed by atoms with E-state index in [0.717, 1.165) is 5.56 Å². The second kappa shape index (κ2) is 6.26. The summed E-state index contributed by atoms with van der Waals surface area (Å²) in [6.45, 7) is 1.95. The van der Waals surface area contributed by atoms with Crippen LogP contribution < -0.4 is 0 Å². The fraction of sp³-hybridized carbons (Fsp3) is 0.278. The summed E-state index contributed by atoms with van der Waals surface area (Å²) in [6, 6.07) is 16.1. The first-order chi connectivity index (χ1) is 11.5. The molecule has 0 radical (unpaired) electrons. The smallest absolute Gasteiger partial charge is 0.339 e. The Hall–Kier alpha value is -1.78. The molecule has 24 heavy (non-hydrogen) atoms. The minimum absolute atomic E-state index is 0.245. The van der Waals surface area contributed by atoms with Crippen molar-refractivity contribution in [3.05, 3.63) is 71.3 Å². The van der Waals surface area contributed by atoms with Gasteiger partial charge in [0.05, 0.1) is 0 Å². The molecule has 1 heterocycles. The molecule has 0 aromatic heterocycles. The lowest BCUT2D eigenvalue weighted by atomic mass is 10.0. The van der Waals surface area contributed by atoms with E-state index in [9.17, 15) is 9.36 Å². The van der Waals surface area contributed by atoms with E-state index in [4.69, 9.17) is 13.8 Å². The number of epoxide rings is 1. The van der Waals surface area contributed by atoms with Crippen molar-refractivity contribution in [1.82, 2.24) is 0 Å². The summed E-state index contributed by atoms with van der Waals surface area (Å²) in [5.74, 6) is -0.245. The number of carbonyl (C=O) groups excluding carboxylic acids is 1. The summed E-state index contributed by atoms with van der Waals surface area (Å²) in [4.78, 5) is 12.8. The number of ketones is 1. The van der Waals surface area contributed by atoms with Crippen LogP contribution in [0.25, 0.3) is 0 Å². The predicted octanol–water partition coefficient (Wildman–Crippen LogP) is 3.92. The highest BCUT2D eigenvalue weighted by molar-refractivity contribution is 7.55. The van der Waals surface area contributed by atoms with E-state index in [1.807, 2.05) is 25.1 Å². The quantitative estimate of drug-likeness (QED) is 0.451. The number of hydrogen-bond donors (Lipinski definition) is 0. The number of aryl methyl sites for hydroxylation is 1. The van der Waals surface area contributed by atoms with E-state index in [1.54, 1.807) is 36.4 Å². The summed E-state index contributed by atoms with van der Waals surface area (Å²) in [5.41, 5.74) is 2.15. The van der Waals surface area contributed by atoms with Gasteiger partial charge in [-0.15, -0.1) is 0 Å². The number of carbonyl (C=O) groups is 1. The van der Waals surface area contributed by atoms with Gasteiger partial charge in [0.15, 0.2) is 11.9 Å². The van der Waals surface area contributed by atoms with Gasteiger partial charge >= 0.3 is 7.60 Å². The van der Waals surface area contributed by atoms with Gasteiger partial charge in [-0.25, -0.2) is 0 Å². The van der Waals surface area contributed by atoms with Gasteiger partial charge in [-0.1, -0.05) is 60.2 Å². The highest BCUT2D eigenvalue weighted by atomic mass is 31.2. The first-order valence-electron chi connectivity index (χ1n) is 7.54. The molecule has 6 heteroatoms. The van der Waals surface area contributed by atoms with Crippen LogP contribution in [0.3, 0.4) is 0 Å². The van der Waals surface area contributed by atoms with Crippen LogP contribution in [-0.4, -0.2) is 26.1 Å². The maximum atomic E-state index is 13.1. The second-order valence-electron chi connectivity index (χ2n) is 5.65. The molecule has 3 rings (SSSR count). The van der Waals surface area contributed by atoms with Gasteiger partial charge in [0.1, 0.15) is 0 Å². The molecule has 5 nitrogen and oxygen atoms in total. The van der Waals surface area contributed by atoms with Crippen molar-refractivity contribution in [3.8, 4) is 0 Å². The fourth-order valence-corrected chi connectivity index (χ4v) is 4.65. The van der Waals surface area contributed by atoms with Gasteiger partial charge in [-0.3, -0.25) is 9.36 Å².